The highest BCUT2D eigenvalue weighted by Gasteiger charge is 2.28. The predicted molar refractivity (Wildman–Crippen MR) is 85.4 cm³/mol. The van der Waals surface area contributed by atoms with E-state index in [0.717, 1.165) is 17.1 Å². The van der Waals surface area contributed by atoms with Crippen molar-refractivity contribution in [2.24, 2.45) is 0 Å². The first-order valence-electron chi connectivity index (χ1n) is 6.81. The largest absolute Gasteiger partial charge is 0.339 e. The van der Waals surface area contributed by atoms with E-state index in [1.54, 1.807) is 0 Å². The molecule has 2 unspecified atom stereocenters. The zero-order valence-corrected chi connectivity index (χ0v) is 13.3. The van der Waals surface area contributed by atoms with Crippen molar-refractivity contribution in [1.82, 2.24) is 10.1 Å². The monoisotopic (exact) mass is 317 g/mol. The van der Waals surface area contributed by atoms with Gasteiger partial charge in [-0.3, -0.25) is 0 Å². The van der Waals surface area contributed by atoms with Crippen LogP contribution in [0.5, 0.6) is 0 Å². The van der Waals surface area contributed by atoms with E-state index in [2.05, 4.69) is 23.1 Å². The van der Waals surface area contributed by atoms with Gasteiger partial charge >= 0.3 is 0 Å². The lowest BCUT2D eigenvalue weighted by atomic mass is 10.1. The standard InChI is InChI=1S/C15H15N3OS2/c1-10-14(21-7-6-20-10)15-17-13(19-18-15)8-11-2-4-12(9-16)5-3-11/h2-5,10,14H,6-8H2,1H3. The van der Waals surface area contributed by atoms with Gasteiger partial charge in [0, 0.05) is 16.8 Å². The van der Waals surface area contributed by atoms with E-state index < -0.39 is 0 Å². The first kappa shape index (κ1) is 14.5. The quantitative estimate of drug-likeness (QED) is 0.864. The number of rotatable bonds is 3. The van der Waals surface area contributed by atoms with Crippen LogP contribution in [0.25, 0.3) is 0 Å². The summed E-state index contributed by atoms with van der Waals surface area (Å²) in [6.07, 6.45) is 0.609. The Hall–Kier alpha value is -1.45. The lowest BCUT2D eigenvalue weighted by molar-refractivity contribution is 0.379. The van der Waals surface area contributed by atoms with Gasteiger partial charge in [-0.25, -0.2) is 0 Å². The second-order valence-electron chi connectivity index (χ2n) is 4.90. The summed E-state index contributed by atoms with van der Waals surface area (Å²) in [5.74, 6) is 3.78. The molecule has 1 aliphatic rings. The van der Waals surface area contributed by atoms with Crippen LogP contribution in [0.15, 0.2) is 28.8 Å². The Morgan fingerprint density at radius 1 is 1.29 bits per heavy atom. The fourth-order valence-corrected chi connectivity index (χ4v) is 4.92. The van der Waals surface area contributed by atoms with Crippen LogP contribution in [0.1, 0.15) is 35.0 Å². The molecular formula is C15H15N3OS2. The zero-order valence-electron chi connectivity index (χ0n) is 11.7. The second-order valence-corrected chi connectivity index (χ2v) is 7.63. The summed E-state index contributed by atoms with van der Waals surface area (Å²) in [7, 11) is 0. The summed E-state index contributed by atoms with van der Waals surface area (Å²) in [5.41, 5.74) is 1.73. The number of nitriles is 1. The first-order chi connectivity index (χ1) is 10.3. The van der Waals surface area contributed by atoms with Gasteiger partial charge in [-0.05, 0) is 17.7 Å². The highest BCUT2D eigenvalue weighted by molar-refractivity contribution is 8.06. The number of aromatic nitrogens is 2. The molecule has 0 amide bonds. The molecule has 1 aliphatic heterocycles. The summed E-state index contributed by atoms with van der Waals surface area (Å²) in [4.78, 5) is 4.55. The summed E-state index contributed by atoms with van der Waals surface area (Å²) in [6.45, 7) is 2.22. The van der Waals surface area contributed by atoms with Crippen molar-refractivity contribution in [3.8, 4) is 6.07 Å². The summed E-state index contributed by atoms with van der Waals surface area (Å²) < 4.78 is 5.38. The summed E-state index contributed by atoms with van der Waals surface area (Å²) in [6, 6.07) is 9.58. The molecule has 2 heterocycles. The van der Waals surface area contributed by atoms with Crippen LogP contribution >= 0.6 is 23.5 Å². The van der Waals surface area contributed by atoms with Crippen LogP contribution in [0.4, 0.5) is 0 Å². The smallest absolute Gasteiger partial charge is 0.231 e. The Kier molecular flexibility index (Phi) is 4.51. The van der Waals surface area contributed by atoms with Crippen LogP contribution in [0, 0.1) is 11.3 Å². The average molecular weight is 317 g/mol. The van der Waals surface area contributed by atoms with Crippen LogP contribution in [0.3, 0.4) is 0 Å². The Bertz CT molecular complexity index is 648. The number of nitrogens with zero attached hydrogens (tertiary/aromatic N) is 3. The van der Waals surface area contributed by atoms with E-state index >= 15 is 0 Å². The van der Waals surface area contributed by atoms with Gasteiger partial charge in [0.05, 0.1) is 23.3 Å². The van der Waals surface area contributed by atoms with Gasteiger partial charge in [0.2, 0.25) is 5.89 Å². The third kappa shape index (κ3) is 3.42. The van der Waals surface area contributed by atoms with E-state index in [1.165, 1.54) is 5.75 Å². The number of benzene rings is 1. The molecular weight excluding hydrogens is 302 g/mol. The molecule has 1 aromatic heterocycles. The molecule has 1 aromatic carbocycles. The first-order valence-corrected chi connectivity index (χ1v) is 8.91. The van der Waals surface area contributed by atoms with Crippen molar-refractivity contribution >= 4 is 23.5 Å². The van der Waals surface area contributed by atoms with Crippen LogP contribution in [-0.4, -0.2) is 26.9 Å². The third-order valence-electron chi connectivity index (χ3n) is 3.36. The van der Waals surface area contributed by atoms with Crippen molar-refractivity contribution < 1.29 is 4.52 Å². The SMILES string of the molecule is CC1SCCSC1c1noc(Cc2ccc(C#N)cc2)n1. The van der Waals surface area contributed by atoms with Gasteiger partial charge < -0.3 is 4.52 Å². The molecule has 0 N–H and O–H groups in total. The number of thioether (sulfide) groups is 2. The summed E-state index contributed by atoms with van der Waals surface area (Å²) >= 11 is 3.87. The molecule has 2 aromatic rings. The van der Waals surface area contributed by atoms with E-state index in [9.17, 15) is 0 Å². The van der Waals surface area contributed by atoms with Gasteiger partial charge in [0.15, 0.2) is 5.82 Å². The Morgan fingerprint density at radius 2 is 2.05 bits per heavy atom. The zero-order chi connectivity index (χ0) is 14.7. The second kappa shape index (κ2) is 6.54. The molecule has 3 rings (SSSR count). The molecule has 108 valence electrons. The predicted octanol–water partition coefficient (Wildman–Crippen LogP) is 3.44. The van der Waals surface area contributed by atoms with Gasteiger partial charge in [-0.2, -0.15) is 22.0 Å². The lowest BCUT2D eigenvalue weighted by Gasteiger charge is -2.24. The van der Waals surface area contributed by atoms with Crippen molar-refractivity contribution in [3.05, 3.63) is 47.1 Å². The Labute approximate surface area is 132 Å². The molecule has 0 aliphatic carbocycles. The average Bonchev–Trinajstić information content (AvgIpc) is 2.97. The van der Waals surface area contributed by atoms with Gasteiger partial charge in [0.1, 0.15) is 0 Å². The van der Waals surface area contributed by atoms with Crippen LogP contribution in [0.2, 0.25) is 0 Å². The molecule has 2 atom stereocenters. The highest BCUT2D eigenvalue weighted by atomic mass is 32.2. The van der Waals surface area contributed by atoms with E-state index in [4.69, 9.17) is 9.78 Å². The maximum absolute atomic E-state index is 8.80. The fraction of sp³-hybridized carbons (Fsp3) is 0.400. The molecule has 21 heavy (non-hydrogen) atoms. The normalized spacial score (nSPS) is 21.9. The van der Waals surface area contributed by atoms with Crippen molar-refractivity contribution in [1.29, 1.82) is 5.26 Å². The Morgan fingerprint density at radius 3 is 2.76 bits per heavy atom. The molecule has 0 saturated carbocycles. The van der Waals surface area contributed by atoms with Crippen LogP contribution < -0.4 is 0 Å². The third-order valence-corrected chi connectivity index (χ3v) is 6.45. The van der Waals surface area contributed by atoms with Crippen molar-refractivity contribution in [2.75, 3.05) is 11.5 Å². The lowest BCUT2D eigenvalue weighted by Crippen LogP contribution is -2.16. The topological polar surface area (TPSA) is 62.7 Å². The minimum atomic E-state index is 0.321. The number of hydrogen-bond acceptors (Lipinski definition) is 6. The molecule has 0 spiro atoms. The van der Waals surface area contributed by atoms with E-state index in [1.807, 2.05) is 47.8 Å². The van der Waals surface area contributed by atoms with E-state index in [-0.39, 0.29) is 0 Å². The molecule has 1 fully saturated rings. The van der Waals surface area contributed by atoms with Gasteiger partial charge in [0.25, 0.3) is 0 Å². The maximum Gasteiger partial charge on any atom is 0.231 e. The van der Waals surface area contributed by atoms with Crippen molar-refractivity contribution in [2.45, 2.75) is 23.8 Å². The van der Waals surface area contributed by atoms with E-state index in [0.29, 0.717) is 28.4 Å². The highest BCUT2D eigenvalue weighted by Crippen LogP contribution is 2.41. The number of hydrogen-bond donors (Lipinski definition) is 0. The van der Waals surface area contributed by atoms with Gasteiger partial charge in [-0.1, -0.05) is 24.2 Å². The fourth-order valence-electron chi connectivity index (χ4n) is 2.24. The molecule has 0 radical (unpaired) electrons. The van der Waals surface area contributed by atoms with Crippen molar-refractivity contribution in [3.63, 3.8) is 0 Å². The van der Waals surface area contributed by atoms with Gasteiger partial charge in [-0.15, -0.1) is 11.8 Å². The minimum Gasteiger partial charge on any atom is -0.339 e. The maximum atomic E-state index is 8.80. The van der Waals surface area contributed by atoms with Crippen LogP contribution in [-0.2, 0) is 6.42 Å². The molecule has 6 heteroatoms. The minimum absolute atomic E-state index is 0.321. The molecule has 1 saturated heterocycles. The molecule has 0 bridgehead atoms. The summed E-state index contributed by atoms with van der Waals surface area (Å²) in [5, 5.41) is 13.8. The Balaban J connectivity index is 1.71. The molecule has 4 nitrogen and oxygen atoms in total.